The zero-order valence-electron chi connectivity index (χ0n) is 17.0. The van der Waals surface area contributed by atoms with Crippen LogP contribution in [-0.2, 0) is 9.53 Å². The highest BCUT2D eigenvalue weighted by atomic mass is 16.6. The van der Waals surface area contributed by atoms with Crippen molar-refractivity contribution in [3.63, 3.8) is 0 Å². The highest BCUT2D eigenvalue weighted by molar-refractivity contribution is 5.81. The molecule has 0 aromatic heterocycles. The molecule has 0 saturated heterocycles. The van der Waals surface area contributed by atoms with E-state index in [1.54, 1.807) is 0 Å². The molecule has 26 heavy (non-hydrogen) atoms. The van der Waals surface area contributed by atoms with Crippen LogP contribution < -0.4 is 21.3 Å². The minimum absolute atomic E-state index is 0.136. The number of rotatable bonds is 8. The summed E-state index contributed by atoms with van der Waals surface area (Å²) in [5.74, 6) is 1.00. The molecule has 0 spiro atoms. The predicted molar refractivity (Wildman–Crippen MR) is 103 cm³/mol. The third-order valence-electron chi connectivity index (χ3n) is 3.48. The lowest BCUT2D eigenvalue weighted by Crippen LogP contribution is -2.49. The van der Waals surface area contributed by atoms with E-state index < -0.39 is 17.2 Å². The number of nitrogens with one attached hydrogen (secondary N) is 4. The fourth-order valence-electron chi connectivity index (χ4n) is 2.09. The first-order chi connectivity index (χ1) is 12.0. The lowest BCUT2D eigenvalue weighted by Gasteiger charge is -2.27. The molecule has 0 heterocycles. The molecule has 1 fully saturated rings. The summed E-state index contributed by atoms with van der Waals surface area (Å²) < 4.78 is 5.28. The van der Waals surface area contributed by atoms with E-state index >= 15 is 0 Å². The van der Waals surface area contributed by atoms with Gasteiger partial charge in [-0.15, -0.1) is 0 Å². The summed E-state index contributed by atoms with van der Waals surface area (Å²) in [5, 5.41) is 12.1. The van der Waals surface area contributed by atoms with Gasteiger partial charge in [0.25, 0.3) is 0 Å². The highest BCUT2D eigenvalue weighted by Crippen LogP contribution is 2.28. The van der Waals surface area contributed by atoms with Gasteiger partial charge in [-0.3, -0.25) is 9.79 Å². The smallest absolute Gasteiger partial charge is 0.408 e. The molecule has 0 aliphatic heterocycles. The number of carbonyl (C=O) groups is 2. The van der Waals surface area contributed by atoms with Crippen molar-refractivity contribution in [2.75, 3.05) is 26.2 Å². The van der Waals surface area contributed by atoms with E-state index in [4.69, 9.17) is 4.74 Å². The number of nitrogens with zero attached hydrogens (tertiary/aromatic N) is 1. The lowest BCUT2D eigenvalue weighted by molar-refractivity contribution is -0.122. The maximum atomic E-state index is 11.9. The van der Waals surface area contributed by atoms with E-state index in [0.717, 1.165) is 19.4 Å². The molecule has 1 aliphatic carbocycles. The number of guanidine groups is 1. The van der Waals surface area contributed by atoms with Crippen molar-refractivity contribution in [1.29, 1.82) is 0 Å². The molecule has 0 aromatic carbocycles. The molecule has 1 aliphatic rings. The Hall–Kier alpha value is -1.99. The van der Waals surface area contributed by atoms with E-state index in [2.05, 4.69) is 26.3 Å². The fourth-order valence-corrected chi connectivity index (χ4v) is 2.09. The van der Waals surface area contributed by atoms with Gasteiger partial charge in [0, 0.05) is 25.6 Å². The van der Waals surface area contributed by atoms with Crippen molar-refractivity contribution < 1.29 is 14.3 Å². The SMILES string of the molecule is CCNC(=NCC(C)(C)NC(=O)OC(C)(C)C)NCCNC(=O)C1CC1. The van der Waals surface area contributed by atoms with E-state index in [0.29, 0.717) is 25.6 Å². The zero-order chi connectivity index (χ0) is 19.8. The summed E-state index contributed by atoms with van der Waals surface area (Å²) in [5.41, 5.74) is -1.09. The summed E-state index contributed by atoms with van der Waals surface area (Å²) in [6.07, 6.45) is 1.55. The first kappa shape index (κ1) is 22.1. The summed E-state index contributed by atoms with van der Waals surface area (Å²) in [7, 11) is 0. The van der Waals surface area contributed by atoms with Gasteiger partial charge in [-0.05, 0) is 54.4 Å². The van der Waals surface area contributed by atoms with E-state index in [9.17, 15) is 9.59 Å². The van der Waals surface area contributed by atoms with E-state index in [-0.39, 0.29) is 11.8 Å². The molecule has 0 radical (unpaired) electrons. The normalized spacial score (nSPS) is 15.2. The molecule has 4 N–H and O–H groups in total. The lowest BCUT2D eigenvalue weighted by atomic mass is 10.1. The largest absolute Gasteiger partial charge is 0.444 e. The van der Waals surface area contributed by atoms with Crippen molar-refractivity contribution in [3.8, 4) is 0 Å². The molecular formula is C18H35N5O3. The fraction of sp³-hybridized carbons (Fsp3) is 0.833. The second-order valence-electron chi connectivity index (χ2n) is 8.20. The first-order valence-corrected chi connectivity index (χ1v) is 9.33. The molecule has 8 nitrogen and oxygen atoms in total. The number of ether oxygens (including phenoxy) is 1. The van der Waals surface area contributed by atoms with Gasteiger partial charge in [0.2, 0.25) is 5.91 Å². The minimum atomic E-state index is -0.551. The van der Waals surface area contributed by atoms with Crippen LogP contribution in [-0.4, -0.2) is 55.3 Å². The molecule has 1 saturated carbocycles. The van der Waals surface area contributed by atoms with E-state index in [1.807, 2.05) is 41.5 Å². The second kappa shape index (κ2) is 9.64. The maximum Gasteiger partial charge on any atom is 0.408 e. The Morgan fingerprint density at radius 2 is 1.65 bits per heavy atom. The van der Waals surface area contributed by atoms with Gasteiger partial charge < -0.3 is 26.0 Å². The van der Waals surface area contributed by atoms with Crippen LogP contribution in [0.4, 0.5) is 4.79 Å². The Morgan fingerprint density at radius 1 is 1.04 bits per heavy atom. The van der Waals surface area contributed by atoms with Crippen LogP contribution >= 0.6 is 0 Å². The number of hydrogen-bond donors (Lipinski definition) is 4. The third kappa shape index (κ3) is 10.1. The highest BCUT2D eigenvalue weighted by Gasteiger charge is 2.29. The number of carbonyl (C=O) groups excluding carboxylic acids is 2. The summed E-state index contributed by atoms with van der Waals surface area (Å²) >= 11 is 0. The number of amides is 2. The number of hydrogen-bond acceptors (Lipinski definition) is 4. The van der Waals surface area contributed by atoms with Gasteiger partial charge in [-0.25, -0.2) is 4.79 Å². The molecule has 0 unspecified atom stereocenters. The zero-order valence-corrected chi connectivity index (χ0v) is 17.0. The standard InChI is InChI=1S/C18H35N5O3/c1-7-19-15(21-11-10-20-14(24)13-8-9-13)22-12-18(5,6)23-16(25)26-17(2,3)4/h13H,7-12H2,1-6H3,(H,20,24)(H,23,25)(H2,19,21,22). The Morgan fingerprint density at radius 3 is 2.19 bits per heavy atom. The van der Waals surface area contributed by atoms with Crippen LogP contribution in [0, 0.1) is 5.92 Å². The minimum Gasteiger partial charge on any atom is -0.444 e. The van der Waals surface area contributed by atoms with Crippen LogP contribution in [0.5, 0.6) is 0 Å². The van der Waals surface area contributed by atoms with Gasteiger partial charge in [-0.1, -0.05) is 0 Å². The topological polar surface area (TPSA) is 104 Å². The van der Waals surface area contributed by atoms with E-state index in [1.165, 1.54) is 0 Å². The van der Waals surface area contributed by atoms with Crippen molar-refractivity contribution in [1.82, 2.24) is 21.3 Å². The average Bonchev–Trinajstić information content (AvgIpc) is 3.30. The molecule has 2 amide bonds. The van der Waals surface area contributed by atoms with Crippen molar-refractivity contribution in [3.05, 3.63) is 0 Å². The average molecular weight is 370 g/mol. The summed E-state index contributed by atoms with van der Waals surface area (Å²) in [4.78, 5) is 28.0. The number of alkyl carbamates (subject to hydrolysis) is 1. The molecular weight excluding hydrogens is 334 g/mol. The van der Waals surface area contributed by atoms with Gasteiger partial charge in [0.15, 0.2) is 5.96 Å². The predicted octanol–water partition coefficient (Wildman–Crippen LogP) is 1.37. The Kier molecular flexibility index (Phi) is 8.17. The number of aliphatic imine (C=N–C) groups is 1. The summed E-state index contributed by atoms with van der Waals surface area (Å²) in [6, 6.07) is 0. The van der Waals surface area contributed by atoms with Crippen molar-refractivity contribution >= 4 is 18.0 Å². The van der Waals surface area contributed by atoms with Crippen LogP contribution in [0.1, 0.15) is 54.4 Å². The Balaban J connectivity index is 2.41. The molecule has 8 heteroatoms. The van der Waals surface area contributed by atoms with Crippen molar-refractivity contribution in [2.24, 2.45) is 10.9 Å². The molecule has 150 valence electrons. The monoisotopic (exact) mass is 369 g/mol. The third-order valence-corrected chi connectivity index (χ3v) is 3.48. The molecule has 0 bridgehead atoms. The molecule has 0 atom stereocenters. The van der Waals surface area contributed by atoms with Gasteiger partial charge in [-0.2, -0.15) is 0 Å². The van der Waals surface area contributed by atoms with Crippen LogP contribution in [0.3, 0.4) is 0 Å². The molecule has 0 aromatic rings. The maximum absolute atomic E-state index is 11.9. The van der Waals surface area contributed by atoms with Gasteiger partial charge in [0.05, 0.1) is 12.1 Å². The van der Waals surface area contributed by atoms with Gasteiger partial charge >= 0.3 is 6.09 Å². The first-order valence-electron chi connectivity index (χ1n) is 9.33. The second-order valence-corrected chi connectivity index (χ2v) is 8.20. The van der Waals surface area contributed by atoms with Crippen LogP contribution in [0.25, 0.3) is 0 Å². The van der Waals surface area contributed by atoms with Crippen LogP contribution in [0.15, 0.2) is 4.99 Å². The molecule has 1 rings (SSSR count). The summed E-state index contributed by atoms with van der Waals surface area (Å²) in [6.45, 7) is 13.5. The van der Waals surface area contributed by atoms with Crippen molar-refractivity contribution in [2.45, 2.75) is 65.5 Å². The van der Waals surface area contributed by atoms with Crippen LogP contribution in [0.2, 0.25) is 0 Å². The Bertz CT molecular complexity index is 507. The van der Waals surface area contributed by atoms with Gasteiger partial charge in [0.1, 0.15) is 5.60 Å². The quantitative estimate of drug-likeness (QED) is 0.294. The Labute approximate surface area is 156 Å².